The topological polar surface area (TPSA) is 110 Å². The van der Waals surface area contributed by atoms with E-state index in [1.54, 1.807) is 27.7 Å². The lowest BCUT2D eigenvalue weighted by atomic mass is 9.83. The minimum absolute atomic E-state index is 0.00354. The molecule has 1 N–H and O–H groups in total. The van der Waals surface area contributed by atoms with Crippen molar-refractivity contribution in [1.82, 2.24) is 10.2 Å². The lowest BCUT2D eigenvalue weighted by Gasteiger charge is -2.32. The number of carbonyl (C=O) groups excluding carboxylic acids is 5. The fourth-order valence-electron chi connectivity index (χ4n) is 6.51. The van der Waals surface area contributed by atoms with E-state index in [2.05, 4.69) is 5.32 Å². The minimum atomic E-state index is -3.04. The van der Waals surface area contributed by atoms with Crippen molar-refractivity contribution in [3.05, 3.63) is 35.9 Å². The Bertz CT molecular complexity index is 1170. The predicted octanol–water partition coefficient (Wildman–Crippen LogP) is 5.73. The Kier molecular flexibility index (Phi) is 11.6. The van der Waals surface area contributed by atoms with Crippen LogP contribution in [-0.2, 0) is 23.9 Å². The number of alkyl halides is 2. The second-order valence-electron chi connectivity index (χ2n) is 12.8. The van der Waals surface area contributed by atoms with Gasteiger partial charge < -0.3 is 15.0 Å². The van der Waals surface area contributed by atoms with Crippen LogP contribution < -0.4 is 5.32 Å². The van der Waals surface area contributed by atoms with Gasteiger partial charge >= 0.3 is 6.09 Å². The van der Waals surface area contributed by atoms with Crippen molar-refractivity contribution in [2.24, 2.45) is 23.7 Å². The minimum Gasteiger partial charge on any atom is -0.447 e. The number of rotatable bonds is 14. The summed E-state index contributed by atoms with van der Waals surface area (Å²) in [5, 5.41) is 2.55. The molecule has 2 fully saturated rings. The van der Waals surface area contributed by atoms with Gasteiger partial charge in [0.2, 0.25) is 11.7 Å². The van der Waals surface area contributed by atoms with Gasteiger partial charge in [-0.15, -0.1) is 0 Å². The van der Waals surface area contributed by atoms with E-state index >= 15 is 0 Å². The third kappa shape index (κ3) is 8.26. The van der Waals surface area contributed by atoms with Crippen molar-refractivity contribution in [1.29, 1.82) is 0 Å². The molecule has 1 aliphatic heterocycles. The molecule has 8 nitrogen and oxygen atoms in total. The first-order chi connectivity index (χ1) is 20.2. The molecule has 3 rings (SSSR count). The van der Waals surface area contributed by atoms with Gasteiger partial charge in [0.15, 0.2) is 11.6 Å². The largest absolute Gasteiger partial charge is 0.447 e. The number of benzene rings is 1. The van der Waals surface area contributed by atoms with Crippen molar-refractivity contribution in [2.45, 2.75) is 110 Å². The van der Waals surface area contributed by atoms with Gasteiger partial charge in [0.05, 0.1) is 12.1 Å². The van der Waals surface area contributed by atoms with Crippen LogP contribution in [-0.4, -0.2) is 64.9 Å². The highest BCUT2D eigenvalue weighted by Crippen LogP contribution is 2.51. The number of hydrogen-bond acceptors (Lipinski definition) is 6. The highest BCUT2D eigenvalue weighted by atomic mass is 19.3. The van der Waals surface area contributed by atoms with Crippen LogP contribution in [0.4, 0.5) is 13.6 Å². The number of halogens is 2. The molecule has 43 heavy (non-hydrogen) atoms. The Labute approximate surface area is 253 Å². The van der Waals surface area contributed by atoms with Gasteiger partial charge in [-0.1, -0.05) is 64.4 Å². The van der Waals surface area contributed by atoms with Crippen molar-refractivity contribution in [3.8, 4) is 0 Å². The molecular weight excluding hydrogens is 558 g/mol. The average molecular weight is 605 g/mol. The van der Waals surface area contributed by atoms with E-state index in [0.717, 1.165) is 5.56 Å². The third-order valence-corrected chi connectivity index (χ3v) is 8.76. The second kappa shape index (κ2) is 14.5. The molecule has 1 heterocycles. The Hall–Kier alpha value is -3.17. The van der Waals surface area contributed by atoms with E-state index in [-0.39, 0.29) is 44.6 Å². The van der Waals surface area contributed by atoms with Crippen LogP contribution in [0.25, 0.3) is 0 Å². The van der Waals surface area contributed by atoms with E-state index in [0.29, 0.717) is 6.42 Å². The maximum atomic E-state index is 14.9. The maximum absolute atomic E-state index is 14.9. The number of ketones is 3. The van der Waals surface area contributed by atoms with Crippen LogP contribution in [0.1, 0.15) is 91.5 Å². The number of Topliss-reactive ketones (excluding diaryl/α,β-unsaturated/α-hetero) is 3. The number of fused-ring (bicyclic) bond motifs is 1. The summed E-state index contributed by atoms with van der Waals surface area (Å²) in [6.07, 6.45) is -1.05. The van der Waals surface area contributed by atoms with Crippen molar-refractivity contribution in [2.75, 3.05) is 6.54 Å². The van der Waals surface area contributed by atoms with Crippen LogP contribution in [0.3, 0.4) is 0 Å². The summed E-state index contributed by atoms with van der Waals surface area (Å²) in [6, 6.07) is 7.09. The molecule has 6 atom stereocenters. The van der Waals surface area contributed by atoms with Crippen molar-refractivity contribution >= 4 is 29.4 Å². The number of hydrogen-bond donors (Lipinski definition) is 1. The fourth-order valence-corrected chi connectivity index (χ4v) is 6.51. The molecule has 238 valence electrons. The summed E-state index contributed by atoms with van der Waals surface area (Å²) < 4.78 is 35.0. The molecule has 1 saturated heterocycles. The summed E-state index contributed by atoms with van der Waals surface area (Å²) in [5.41, 5.74) is 0.922. The molecule has 0 radical (unpaired) electrons. The van der Waals surface area contributed by atoms with E-state index in [4.69, 9.17) is 4.74 Å². The van der Waals surface area contributed by atoms with Gasteiger partial charge in [-0.2, -0.15) is 0 Å². The number of nitrogens with one attached hydrogen (secondary N) is 1. The molecule has 0 spiro atoms. The fraction of sp³-hybridized carbons (Fsp3) is 0.667. The molecule has 1 aliphatic carbocycles. The maximum Gasteiger partial charge on any atom is 0.408 e. The van der Waals surface area contributed by atoms with Gasteiger partial charge in [0.1, 0.15) is 6.04 Å². The molecule has 1 unspecified atom stereocenters. The number of nitrogens with zero attached hydrogens (tertiary/aromatic N) is 1. The summed E-state index contributed by atoms with van der Waals surface area (Å²) in [4.78, 5) is 67.7. The van der Waals surface area contributed by atoms with E-state index in [1.807, 2.05) is 44.2 Å². The van der Waals surface area contributed by atoms with E-state index in [1.165, 1.54) is 4.90 Å². The van der Waals surface area contributed by atoms with Crippen LogP contribution in [0.5, 0.6) is 0 Å². The molecule has 1 aromatic carbocycles. The highest BCUT2D eigenvalue weighted by Gasteiger charge is 2.61. The number of carbonyl (C=O) groups is 5. The van der Waals surface area contributed by atoms with Gasteiger partial charge in [-0.05, 0) is 50.0 Å². The Morgan fingerprint density at radius 1 is 1.02 bits per heavy atom. The first kappa shape index (κ1) is 34.3. The summed E-state index contributed by atoms with van der Waals surface area (Å²) in [7, 11) is 0. The first-order valence-electron chi connectivity index (χ1n) is 15.5. The standard InChI is InChI=1S/C33H46F2N2O6/c1-7-11-23(30(40)27(39)16-21(6)22-12-9-8-10-13-22)17-26(38)29-24-14-15-33(34,35)25(24)18-37(29)31(41)28(19(2)3)36-32(42)43-20(4)5/h8-10,12-13,19-21,23-25,28-29H,7,11,14-18H2,1-6H3,(H,36,42)/t21-,23?,24-,25-,28-,29-/m0/s1. The molecule has 1 saturated carbocycles. The van der Waals surface area contributed by atoms with Crippen molar-refractivity contribution < 1.29 is 37.5 Å². The molecule has 10 heteroatoms. The smallest absolute Gasteiger partial charge is 0.408 e. The van der Waals surface area contributed by atoms with Crippen molar-refractivity contribution in [3.63, 3.8) is 0 Å². The Balaban J connectivity index is 1.83. The number of amides is 2. The van der Waals surface area contributed by atoms with Gasteiger partial charge in [-0.3, -0.25) is 19.2 Å². The Morgan fingerprint density at radius 3 is 2.26 bits per heavy atom. The van der Waals surface area contributed by atoms with Gasteiger partial charge in [0.25, 0.3) is 5.92 Å². The van der Waals surface area contributed by atoms with Crippen LogP contribution in [0, 0.1) is 23.7 Å². The predicted molar refractivity (Wildman–Crippen MR) is 158 cm³/mol. The second-order valence-corrected chi connectivity index (χ2v) is 12.8. The van der Waals surface area contributed by atoms with E-state index < -0.39 is 77.1 Å². The molecule has 2 amide bonds. The molecular formula is C33H46F2N2O6. The van der Waals surface area contributed by atoms with Gasteiger partial charge in [0, 0.05) is 37.6 Å². The molecule has 0 bridgehead atoms. The lowest BCUT2D eigenvalue weighted by molar-refractivity contribution is -0.143. The van der Waals surface area contributed by atoms with Crippen LogP contribution >= 0.6 is 0 Å². The number of ether oxygens (including phenoxy) is 1. The molecule has 2 aliphatic rings. The molecule has 0 aromatic heterocycles. The van der Waals surface area contributed by atoms with Gasteiger partial charge in [-0.25, -0.2) is 13.6 Å². The zero-order chi connectivity index (χ0) is 32.1. The third-order valence-electron chi connectivity index (χ3n) is 8.76. The zero-order valence-electron chi connectivity index (χ0n) is 26.1. The monoisotopic (exact) mass is 604 g/mol. The summed E-state index contributed by atoms with van der Waals surface area (Å²) in [6.45, 7) is 10.1. The summed E-state index contributed by atoms with van der Waals surface area (Å²) >= 11 is 0. The highest BCUT2D eigenvalue weighted by molar-refractivity contribution is 6.38. The quantitative estimate of drug-likeness (QED) is 0.272. The van der Waals surface area contributed by atoms with E-state index in [9.17, 15) is 32.8 Å². The Morgan fingerprint density at radius 2 is 1.67 bits per heavy atom. The number of likely N-dealkylation sites (tertiary alicyclic amines) is 1. The van der Waals surface area contributed by atoms with Crippen LogP contribution in [0.15, 0.2) is 30.3 Å². The average Bonchev–Trinajstić information content (AvgIpc) is 3.47. The lowest BCUT2D eigenvalue weighted by Crippen LogP contribution is -2.55. The number of alkyl carbamates (subject to hydrolysis) is 1. The molecule has 1 aromatic rings. The summed E-state index contributed by atoms with van der Waals surface area (Å²) in [5.74, 6) is -8.86. The normalized spacial score (nSPS) is 23.0. The SMILES string of the molecule is CCCC(CC(=O)[C@@H]1[C@H]2CCC(F)(F)[C@H]2CN1C(=O)[C@@H](NC(=O)OC(C)C)C(C)C)C(=O)C(=O)C[C@H](C)c1ccccc1. The van der Waals surface area contributed by atoms with Crippen LogP contribution in [0.2, 0.25) is 0 Å². The first-order valence-corrected chi connectivity index (χ1v) is 15.5. The zero-order valence-corrected chi connectivity index (χ0v) is 26.1.